The zero-order valence-corrected chi connectivity index (χ0v) is 8.88. The average Bonchev–Trinajstić information content (AvgIpc) is 2.72. The van der Waals surface area contributed by atoms with E-state index in [1.54, 1.807) is 11.3 Å². The zero-order chi connectivity index (χ0) is 9.97. The van der Waals surface area contributed by atoms with Crippen LogP contribution < -0.4 is 5.32 Å². The van der Waals surface area contributed by atoms with Gasteiger partial charge in [0.2, 0.25) is 0 Å². The molecule has 0 aromatic carbocycles. The van der Waals surface area contributed by atoms with Crippen molar-refractivity contribution in [2.24, 2.45) is 0 Å². The van der Waals surface area contributed by atoms with Crippen LogP contribution >= 0.6 is 11.3 Å². The van der Waals surface area contributed by atoms with Gasteiger partial charge in [0.15, 0.2) is 0 Å². The van der Waals surface area contributed by atoms with E-state index in [9.17, 15) is 5.11 Å². The Morgan fingerprint density at radius 1 is 1.71 bits per heavy atom. The van der Waals surface area contributed by atoms with Gasteiger partial charge in [-0.05, 0) is 6.92 Å². The Labute approximate surface area is 86.9 Å². The SMILES string of the molecule is Cc1nc(CN[C@@H]2COC[C@H]2O)cs1. The maximum absolute atomic E-state index is 9.47. The van der Waals surface area contributed by atoms with Gasteiger partial charge in [-0.2, -0.15) is 0 Å². The number of nitrogens with zero attached hydrogens (tertiary/aromatic N) is 1. The molecule has 78 valence electrons. The summed E-state index contributed by atoms with van der Waals surface area (Å²) in [6.07, 6.45) is -0.380. The van der Waals surface area contributed by atoms with Gasteiger partial charge >= 0.3 is 0 Å². The van der Waals surface area contributed by atoms with E-state index in [2.05, 4.69) is 10.3 Å². The van der Waals surface area contributed by atoms with Gasteiger partial charge in [0.1, 0.15) is 0 Å². The number of nitrogens with one attached hydrogen (secondary N) is 1. The Morgan fingerprint density at radius 2 is 2.57 bits per heavy atom. The van der Waals surface area contributed by atoms with Crippen molar-refractivity contribution in [3.63, 3.8) is 0 Å². The van der Waals surface area contributed by atoms with Crippen LogP contribution in [0.2, 0.25) is 0 Å². The largest absolute Gasteiger partial charge is 0.389 e. The highest BCUT2D eigenvalue weighted by Gasteiger charge is 2.25. The summed E-state index contributed by atoms with van der Waals surface area (Å²) in [4.78, 5) is 4.33. The summed E-state index contributed by atoms with van der Waals surface area (Å²) in [6, 6.07) is 0.0528. The van der Waals surface area contributed by atoms with Crippen molar-refractivity contribution < 1.29 is 9.84 Å². The molecule has 1 fully saturated rings. The molecule has 1 aliphatic heterocycles. The fraction of sp³-hybridized carbons (Fsp3) is 0.667. The lowest BCUT2D eigenvalue weighted by Gasteiger charge is -2.12. The number of aryl methyl sites for hydroxylation is 1. The predicted molar refractivity (Wildman–Crippen MR) is 54.3 cm³/mol. The highest BCUT2D eigenvalue weighted by molar-refractivity contribution is 7.09. The quantitative estimate of drug-likeness (QED) is 0.760. The number of aliphatic hydroxyl groups is 1. The van der Waals surface area contributed by atoms with Gasteiger partial charge in [-0.3, -0.25) is 0 Å². The van der Waals surface area contributed by atoms with Crippen LogP contribution in [0.5, 0.6) is 0 Å². The van der Waals surface area contributed by atoms with Crippen molar-refractivity contribution in [3.05, 3.63) is 16.1 Å². The van der Waals surface area contributed by atoms with Gasteiger partial charge in [-0.1, -0.05) is 0 Å². The lowest BCUT2D eigenvalue weighted by Crippen LogP contribution is -2.38. The first-order valence-corrected chi connectivity index (χ1v) is 5.54. The topological polar surface area (TPSA) is 54.4 Å². The molecule has 0 saturated carbocycles. The standard InChI is InChI=1S/C9H14N2O2S/c1-6-11-7(5-14-6)2-10-8-3-13-4-9(8)12/h5,8-10,12H,2-4H2,1H3/t8-,9-/m1/s1. The van der Waals surface area contributed by atoms with E-state index < -0.39 is 0 Å². The van der Waals surface area contributed by atoms with Crippen LogP contribution in [0.15, 0.2) is 5.38 Å². The van der Waals surface area contributed by atoms with Crippen LogP contribution in [0.3, 0.4) is 0 Å². The zero-order valence-electron chi connectivity index (χ0n) is 8.06. The Bertz CT molecular complexity index is 303. The molecule has 0 amide bonds. The van der Waals surface area contributed by atoms with Crippen LogP contribution in [0.4, 0.5) is 0 Å². The van der Waals surface area contributed by atoms with E-state index >= 15 is 0 Å². The summed E-state index contributed by atoms with van der Waals surface area (Å²) in [5.41, 5.74) is 1.03. The normalized spacial score (nSPS) is 27.0. The molecule has 1 aromatic rings. The molecule has 0 bridgehead atoms. The third-order valence-corrected chi connectivity index (χ3v) is 3.08. The first kappa shape index (κ1) is 10.0. The van der Waals surface area contributed by atoms with Crippen molar-refractivity contribution in [2.45, 2.75) is 25.6 Å². The third kappa shape index (κ3) is 2.30. The van der Waals surface area contributed by atoms with Gasteiger partial charge in [-0.15, -0.1) is 11.3 Å². The number of hydrogen-bond acceptors (Lipinski definition) is 5. The predicted octanol–water partition coefficient (Wildman–Crippen LogP) is 0.301. The van der Waals surface area contributed by atoms with E-state index in [1.165, 1.54) is 0 Å². The second-order valence-electron chi connectivity index (χ2n) is 3.45. The van der Waals surface area contributed by atoms with E-state index in [1.807, 2.05) is 12.3 Å². The van der Waals surface area contributed by atoms with Gasteiger partial charge in [-0.25, -0.2) is 4.98 Å². The van der Waals surface area contributed by atoms with Crippen molar-refractivity contribution in [3.8, 4) is 0 Å². The minimum atomic E-state index is -0.380. The molecular weight excluding hydrogens is 200 g/mol. The molecule has 2 heterocycles. The molecule has 5 heteroatoms. The van der Waals surface area contributed by atoms with E-state index in [-0.39, 0.29) is 12.1 Å². The second kappa shape index (κ2) is 4.35. The summed E-state index contributed by atoms with van der Waals surface area (Å²) in [6.45, 7) is 3.72. The van der Waals surface area contributed by atoms with Crippen LogP contribution in [-0.4, -0.2) is 35.5 Å². The Morgan fingerprint density at radius 3 is 3.14 bits per heavy atom. The monoisotopic (exact) mass is 214 g/mol. The van der Waals surface area contributed by atoms with Gasteiger partial charge in [0.25, 0.3) is 0 Å². The maximum Gasteiger partial charge on any atom is 0.0948 e. The van der Waals surface area contributed by atoms with Crippen molar-refractivity contribution in [1.82, 2.24) is 10.3 Å². The minimum Gasteiger partial charge on any atom is -0.389 e. The number of hydrogen-bond donors (Lipinski definition) is 2. The molecule has 0 radical (unpaired) electrons. The van der Waals surface area contributed by atoms with Crippen LogP contribution in [0.25, 0.3) is 0 Å². The van der Waals surface area contributed by atoms with Gasteiger partial charge < -0.3 is 15.2 Å². The van der Waals surface area contributed by atoms with Crippen LogP contribution in [-0.2, 0) is 11.3 Å². The number of thiazole rings is 1. The lowest BCUT2D eigenvalue weighted by molar-refractivity contribution is 0.122. The van der Waals surface area contributed by atoms with Gasteiger partial charge in [0.05, 0.1) is 36.1 Å². The molecule has 2 N–H and O–H groups in total. The van der Waals surface area contributed by atoms with E-state index in [0.717, 1.165) is 10.7 Å². The molecule has 14 heavy (non-hydrogen) atoms. The van der Waals surface area contributed by atoms with Crippen molar-refractivity contribution in [2.75, 3.05) is 13.2 Å². The molecule has 4 nitrogen and oxygen atoms in total. The number of ether oxygens (including phenoxy) is 1. The summed E-state index contributed by atoms with van der Waals surface area (Å²) in [7, 11) is 0. The Balaban J connectivity index is 1.82. The van der Waals surface area contributed by atoms with Crippen LogP contribution in [0.1, 0.15) is 10.7 Å². The summed E-state index contributed by atoms with van der Waals surface area (Å²) >= 11 is 1.64. The summed E-state index contributed by atoms with van der Waals surface area (Å²) in [5, 5.41) is 15.8. The first-order valence-electron chi connectivity index (χ1n) is 4.66. The molecule has 2 atom stereocenters. The Kier molecular flexibility index (Phi) is 3.12. The van der Waals surface area contributed by atoms with Crippen molar-refractivity contribution >= 4 is 11.3 Å². The molecule has 2 rings (SSSR count). The molecule has 1 aliphatic rings. The van der Waals surface area contributed by atoms with Crippen molar-refractivity contribution in [1.29, 1.82) is 0 Å². The average molecular weight is 214 g/mol. The highest BCUT2D eigenvalue weighted by atomic mass is 32.1. The molecule has 1 saturated heterocycles. The highest BCUT2D eigenvalue weighted by Crippen LogP contribution is 2.09. The maximum atomic E-state index is 9.47. The third-order valence-electron chi connectivity index (χ3n) is 2.26. The molecule has 1 aromatic heterocycles. The number of aliphatic hydroxyl groups excluding tert-OH is 1. The number of rotatable bonds is 3. The van der Waals surface area contributed by atoms with Gasteiger partial charge in [0, 0.05) is 11.9 Å². The van der Waals surface area contributed by atoms with Crippen LogP contribution in [0, 0.1) is 6.92 Å². The fourth-order valence-corrected chi connectivity index (χ4v) is 2.08. The molecule has 0 unspecified atom stereocenters. The molecular formula is C9H14N2O2S. The molecule has 0 spiro atoms. The molecule has 0 aliphatic carbocycles. The summed E-state index contributed by atoms with van der Waals surface area (Å²) < 4.78 is 5.13. The smallest absolute Gasteiger partial charge is 0.0948 e. The minimum absolute atomic E-state index is 0.0528. The second-order valence-corrected chi connectivity index (χ2v) is 4.51. The first-order chi connectivity index (χ1) is 6.75. The lowest BCUT2D eigenvalue weighted by atomic mass is 10.2. The van der Waals surface area contributed by atoms with E-state index in [0.29, 0.717) is 19.8 Å². The summed E-state index contributed by atoms with van der Waals surface area (Å²) in [5.74, 6) is 0. The fourth-order valence-electron chi connectivity index (χ4n) is 1.46. The van der Waals surface area contributed by atoms with E-state index in [4.69, 9.17) is 4.74 Å². The Hall–Kier alpha value is -0.490. The number of aromatic nitrogens is 1.